The fraction of sp³-hybridized carbons (Fsp3) is 0.125. The Morgan fingerprint density at radius 2 is 2.15 bits per heavy atom. The fourth-order valence-corrected chi connectivity index (χ4v) is 0.709. The van der Waals surface area contributed by atoms with Crippen LogP contribution in [0.4, 0.5) is 0 Å². The standard InChI is InChI=1S/C8H8N3O.HI/c1-11-4-2-8(3-5-11)6-10-12-7-9;/h2-6H,1H3;1H/q+1;/p-1/b10-6+;. The van der Waals surface area contributed by atoms with Gasteiger partial charge in [-0.3, -0.25) is 4.84 Å². The van der Waals surface area contributed by atoms with E-state index in [1.807, 2.05) is 36.1 Å². The zero-order valence-electron chi connectivity index (χ0n) is 7.01. The van der Waals surface area contributed by atoms with Crippen LogP contribution in [0.1, 0.15) is 5.56 Å². The van der Waals surface area contributed by atoms with Gasteiger partial charge in [0.05, 0.1) is 6.21 Å². The minimum atomic E-state index is 0. The van der Waals surface area contributed by atoms with Crippen molar-refractivity contribution in [1.29, 1.82) is 5.26 Å². The summed E-state index contributed by atoms with van der Waals surface area (Å²) in [6, 6.07) is 3.73. The first-order valence-corrected chi connectivity index (χ1v) is 3.36. The number of aryl methyl sites for hydroxylation is 1. The van der Waals surface area contributed by atoms with Crippen molar-refractivity contribution in [3.63, 3.8) is 0 Å². The third-order valence-corrected chi connectivity index (χ3v) is 1.30. The summed E-state index contributed by atoms with van der Waals surface area (Å²) in [6.07, 6.45) is 6.69. The molecular formula is C8H8IN3O. The molecule has 5 heteroatoms. The van der Waals surface area contributed by atoms with Crippen molar-refractivity contribution in [2.75, 3.05) is 0 Å². The van der Waals surface area contributed by atoms with Gasteiger partial charge in [0, 0.05) is 17.7 Å². The molecule has 13 heavy (non-hydrogen) atoms. The van der Waals surface area contributed by atoms with E-state index < -0.39 is 0 Å². The Bertz CT molecular complexity index is 315. The molecule has 68 valence electrons. The summed E-state index contributed by atoms with van der Waals surface area (Å²) in [5.74, 6) is 0. The zero-order valence-corrected chi connectivity index (χ0v) is 9.17. The number of nitrogens with zero attached hydrogens (tertiary/aromatic N) is 3. The number of nitriles is 1. The van der Waals surface area contributed by atoms with Crippen LogP contribution < -0.4 is 28.5 Å². The van der Waals surface area contributed by atoms with Crippen LogP contribution >= 0.6 is 0 Å². The molecule has 0 saturated carbocycles. The summed E-state index contributed by atoms with van der Waals surface area (Å²) in [5.41, 5.74) is 0.892. The van der Waals surface area contributed by atoms with Gasteiger partial charge in [-0.05, 0) is 0 Å². The summed E-state index contributed by atoms with van der Waals surface area (Å²) >= 11 is 0. The summed E-state index contributed by atoms with van der Waals surface area (Å²) < 4.78 is 1.91. The number of oxime groups is 1. The molecule has 0 radical (unpaired) electrons. The first-order valence-electron chi connectivity index (χ1n) is 3.36. The summed E-state index contributed by atoms with van der Waals surface area (Å²) in [4.78, 5) is 4.14. The fourth-order valence-electron chi connectivity index (χ4n) is 0.709. The molecule has 4 nitrogen and oxygen atoms in total. The van der Waals surface area contributed by atoms with Gasteiger partial charge < -0.3 is 24.0 Å². The van der Waals surface area contributed by atoms with Crippen molar-refractivity contribution in [1.82, 2.24) is 0 Å². The van der Waals surface area contributed by atoms with Crippen molar-refractivity contribution >= 4 is 6.21 Å². The Morgan fingerprint density at radius 1 is 1.54 bits per heavy atom. The Morgan fingerprint density at radius 3 is 2.69 bits per heavy atom. The van der Waals surface area contributed by atoms with Gasteiger partial charge >= 0.3 is 6.26 Å². The Hall–Kier alpha value is -1.16. The molecule has 0 fully saturated rings. The van der Waals surface area contributed by atoms with Crippen LogP contribution in [0.3, 0.4) is 0 Å². The maximum Gasteiger partial charge on any atom is 0.316 e. The lowest BCUT2D eigenvalue weighted by molar-refractivity contribution is -0.671. The van der Waals surface area contributed by atoms with E-state index in [0.717, 1.165) is 5.56 Å². The molecule has 0 unspecified atom stereocenters. The van der Waals surface area contributed by atoms with E-state index >= 15 is 0 Å². The van der Waals surface area contributed by atoms with Gasteiger partial charge in [0.25, 0.3) is 0 Å². The second kappa shape index (κ2) is 6.37. The molecule has 0 aliphatic rings. The molecule has 0 atom stereocenters. The second-order valence-corrected chi connectivity index (χ2v) is 2.21. The van der Waals surface area contributed by atoms with Gasteiger partial charge in [0.15, 0.2) is 12.4 Å². The molecule has 0 bridgehead atoms. The number of aromatic nitrogens is 1. The molecular weight excluding hydrogens is 281 g/mol. The van der Waals surface area contributed by atoms with Crippen LogP contribution in [0.5, 0.6) is 0 Å². The number of hydrogen-bond acceptors (Lipinski definition) is 3. The van der Waals surface area contributed by atoms with Crippen molar-refractivity contribution in [2.24, 2.45) is 12.2 Å². The lowest BCUT2D eigenvalue weighted by Crippen LogP contribution is -3.00. The van der Waals surface area contributed by atoms with Crippen LogP contribution in [-0.4, -0.2) is 6.21 Å². The Kier molecular flexibility index (Phi) is 5.80. The van der Waals surface area contributed by atoms with Crippen LogP contribution in [0.25, 0.3) is 0 Å². The highest BCUT2D eigenvalue weighted by Gasteiger charge is 1.91. The van der Waals surface area contributed by atoms with Crippen molar-refractivity contribution < 1.29 is 33.4 Å². The quantitative estimate of drug-likeness (QED) is 0.196. The summed E-state index contributed by atoms with van der Waals surface area (Å²) in [7, 11) is 1.92. The molecule has 0 amide bonds. The zero-order chi connectivity index (χ0) is 8.81. The number of hydrogen-bond donors (Lipinski definition) is 0. The van der Waals surface area contributed by atoms with Crippen molar-refractivity contribution in [2.45, 2.75) is 0 Å². The van der Waals surface area contributed by atoms with Crippen LogP contribution in [0.2, 0.25) is 0 Å². The Labute approximate surface area is 93.5 Å². The molecule has 1 aromatic rings. The molecule has 0 aliphatic heterocycles. The highest BCUT2D eigenvalue weighted by Crippen LogP contribution is 1.89. The van der Waals surface area contributed by atoms with Gasteiger partial charge in [-0.15, -0.1) is 5.26 Å². The van der Waals surface area contributed by atoms with Gasteiger partial charge in [-0.1, -0.05) is 5.16 Å². The van der Waals surface area contributed by atoms with Gasteiger partial charge in [0.1, 0.15) is 7.05 Å². The SMILES string of the molecule is C[n+]1ccc(/C=N/OC#N)cc1.[I-]. The molecule has 0 N–H and O–H groups in total. The summed E-state index contributed by atoms with van der Waals surface area (Å²) in [5, 5.41) is 11.4. The molecule has 1 aromatic heterocycles. The van der Waals surface area contributed by atoms with Crippen LogP contribution in [-0.2, 0) is 11.9 Å². The third-order valence-electron chi connectivity index (χ3n) is 1.30. The second-order valence-electron chi connectivity index (χ2n) is 2.21. The normalized spacial score (nSPS) is 8.92. The van der Waals surface area contributed by atoms with Crippen LogP contribution in [0, 0.1) is 11.5 Å². The first kappa shape index (κ1) is 11.8. The summed E-state index contributed by atoms with van der Waals surface area (Å²) in [6.45, 7) is 0. The average Bonchev–Trinajstić information content (AvgIpc) is 2.09. The van der Waals surface area contributed by atoms with Crippen molar-refractivity contribution in [3.05, 3.63) is 30.1 Å². The van der Waals surface area contributed by atoms with E-state index in [2.05, 4.69) is 9.99 Å². The van der Waals surface area contributed by atoms with Gasteiger partial charge in [-0.2, -0.15) is 0 Å². The van der Waals surface area contributed by atoms with Gasteiger partial charge in [0.2, 0.25) is 0 Å². The predicted octanol–water partition coefficient (Wildman–Crippen LogP) is -2.65. The highest BCUT2D eigenvalue weighted by atomic mass is 127. The monoisotopic (exact) mass is 289 g/mol. The molecule has 0 aromatic carbocycles. The maximum absolute atomic E-state index is 8.00. The molecule has 1 rings (SSSR count). The van der Waals surface area contributed by atoms with E-state index in [1.54, 1.807) is 0 Å². The van der Waals surface area contributed by atoms with E-state index in [9.17, 15) is 0 Å². The lowest BCUT2D eigenvalue weighted by atomic mass is 10.3. The molecule has 0 aliphatic carbocycles. The smallest absolute Gasteiger partial charge is 0.316 e. The molecule has 0 saturated heterocycles. The molecule has 1 heterocycles. The Balaban J connectivity index is 0.00000144. The minimum Gasteiger partial charge on any atom is -1.00 e. The topological polar surface area (TPSA) is 49.3 Å². The van der Waals surface area contributed by atoms with E-state index in [1.165, 1.54) is 12.5 Å². The molecule has 0 spiro atoms. The van der Waals surface area contributed by atoms with Gasteiger partial charge in [-0.25, -0.2) is 4.57 Å². The predicted molar refractivity (Wildman–Crippen MR) is 41.9 cm³/mol. The van der Waals surface area contributed by atoms with E-state index in [-0.39, 0.29) is 24.0 Å². The lowest BCUT2D eigenvalue weighted by Gasteiger charge is -1.87. The van der Waals surface area contributed by atoms with Crippen molar-refractivity contribution in [3.8, 4) is 6.26 Å². The van der Waals surface area contributed by atoms with E-state index in [4.69, 9.17) is 5.26 Å². The third kappa shape index (κ3) is 4.42. The maximum atomic E-state index is 8.00. The van der Waals surface area contributed by atoms with Crippen LogP contribution in [0.15, 0.2) is 29.7 Å². The average molecular weight is 289 g/mol. The van der Waals surface area contributed by atoms with E-state index in [0.29, 0.717) is 0 Å². The number of rotatable bonds is 2. The highest BCUT2D eigenvalue weighted by molar-refractivity contribution is 5.78. The first-order chi connectivity index (χ1) is 5.83. The largest absolute Gasteiger partial charge is 1.00 e. The number of halogens is 1. The minimum absolute atomic E-state index is 0. The number of pyridine rings is 1.